The average Bonchev–Trinajstić information content (AvgIpc) is 2.68. The van der Waals surface area contributed by atoms with Gasteiger partial charge in [0.15, 0.2) is 0 Å². The third kappa shape index (κ3) is 22.1. The number of rotatable bonds is 10. The third-order valence-electron chi connectivity index (χ3n) is 5.95. The molecule has 1 aliphatic rings. The largest absolute Gasteiger partial charge is 0.392 e. The molecule has 0 aromatic rings. The van der Waals surface area contributed by atoms with Crippen LogP contribution in [0.4, 0.5) is 0 Å². The zero-order valence-corrected chi connectivity index (χ0v) is 23.0. The molecule has 1 fully saturated rings. The van der Waals surface area contributed by atoms with Crippen LogP contribution in [0.1, 0.15) is 107 Å². The van der Waals surface area contributed by atoms with Crippen molar-refractivity contribution < 1.29 is 15.0 Å². The average molecular weight is 463 g/mol. The summed E-state index contributed by atoms with van der Waals surface area (Å²) < 4.78 is 0. The molecule has 0 radical (unpaired) electrons. The van der Waals surface area contributed by atoms with Gasteiger partial charge in [-0.25, -0.2) is 0 Å². The molecule has 0 bridgehead atoms. The molecule has 3 nitrogen and oxygen atoms in total. The van der Waals surface area contributed by atoms with E-state index in [-0.39, 0.29) is 12.7 Å². The van der Waals surface area contributed by atoms with Gasteiger partial charge in [-0.05, 0) is 98.3 Å². The minimum atomic E-state index is -0.128. The maximum atomic E-state index is 10.1. The summed E-state index contributed by atoms with van der Waals surface area (Å²) in [6, 6.07) is 0. The van der Waals surface area contributed by atoms with Gasteiger partial charge < -0.3 is 15.0 Å². The molecule has 3 heteroatoms. The normalized spacial score (nSPS) is 20.8. The first-order valence-corrected chi connectivity index (χ1v) is 12.7. The third-order valence-corrected chi connectivity index (χ3v) is 5.95. The van der Waals surface area contributed by atoms with E-state index < -0.39 is 0 Å². The maximum Gasteiger partial charge on any atom is 0.120 e. The van der Waals surface area contributed by atoms with E-state index in [2.05, 4.69) is 67.2 Å². The van der Waals surface area contributed by atoms with E-state index in [0.29, 0.717) is 24.2 Å². The fraction of sp³-hybridized carbons (Fsp3) is 0.700. The number of carbonyl (C=O) groups is 1. The molecule has 1 aliphatic carbocycles. The molecule has 0 heterocycles. The summed E-state index contributed by atoms with van der Waals surface area (Å²) in [6.07, 6.45) is 15.6. The van der Waals surface area contributed by atoms with Gasteiger partial charge in [0.2, 0.25) is 0 Å². The van der Waals surface area contributed by atoms with Crippen LogP contribution in [0.5, 0.6) is 0 Å². The highest BCUT2D eigenvalue weighted by Crippen LogP contribution is 2.32. The molecule has 33 heavy (non-hydrogen) atoms. The molecular formula is C30H54O3. The highest BCUT2D eigenvalue weighted by atomic mass is 16.3. The van der Waals surface area contributed by atoms with Crippen molar-refractivity contribution in [1.29, 1.82) is 0 Å². The molecule has 0 aromatic heterocycles. The van der Waals surface area contributed by atoms with Crippen molar-refractivity contribution in [3.8, 4) is 0 Å². The van der Waals surface area contributed by atoms with Crippen LogP contribution in [0.25, 0.3) is 0 Å². The molecule has 0 spiro atoms. The number of aliphatic hydroxyl groups excluding tert-OH is 2. The van der Waals surface area contributed by atoms with Gasteiger partial charge in [0.1, 0.15) is 6.29 Å². The predicted octanol–water partition coefficient (Wildman–Crippen LogP) is 7.99. The number of allylic oxidation sites excluding steroid dienone is 5. The van der Waals surface area contributed by atoms with Gasteiger partial charge in [0, 0.05) is 12.3 Å². The van der Waals surface area contributed by atoms with Gasteiger partial charge in [-0.1, -0.05) is 60.9 Å². The zero-order chi connectivity index (χ0) is 25.8. The molecule has 0 amide bonds. The topological polar surface area (TPSA) is 57.5 Å². The van der Waals surface area contributed by atoms with Crippen LogP contribution >= 0.6 is 0 Å². The van der Waals surface area contributed by atoms with Crippen LogP contribution in [-0.2, 0) is 4.79 Å². The number of hydrogen-bond donors (Lipinski definition) is 2. The van der Waals surface area contributed by atoms with Crippen molar-refractivity contribution in [2.75, 3.05) is 6.61 Å². The van der Waals surface area contributed by atoms with E-state index in [4.69, 9.17) is 5.11 Å². The fourth-order valence-electron chi connectivity index (χ4n) is 3.71. The Kier molecular flexibility index (Phi) is 21.6. The van der Waals surface area contributed by atoms with Gasteiger partial charge in [-0.3, -0.25) is 0 Å². The van der Waals surface area contributed by atoms with Crippen molar-refractivity contribution >= 4 is 6.29 Å². The van der Waals surface area contributed by atoms with E-state index in [9.17, 15) is 9.90 Å². The predicted molar refractivity (Wildman–Crippen MR) is 145 cm³/mol. The lowest BCUT2D eigenvalue weighted by Gasteiger charge is -2.31. The summed E-state index contributed by atoms with van der Waals surface area (Å²) in [7, 11) is 0. The first kappa shape index (κ1) is 33.7. The Balaban J connectivity index is 0. The van der Waals surface area contributed by atoms with Gasteiger partial charge in [0.05, 0.1) is 12.7 Å². The second kappa shape index (κ2) is 21.1. The highest BCUT2D eigenvalue weighted by Gasteiger charge is 2.26. The van der Waals surface area contributed by atoms with Gasteiger partial charge in [0.25, 0.3) is 0 Å². The molecule has 1 rings (SSSR count). The van der Waals surface area contributed by atoms with Crippen LogP contribution in [0.15, 0.2) is 47.1 Å². The van der Waals surface area contributed by atoms with Crippen LogP contribution in [0.3, 0.4) is 0 Å². The van der Waals surface area contributed by atoms with Gasteiger partial charge in [-0.15, -0.1) is 0 Å². The first-order chi connectivity index (χ1) is 15.4. The molecule has 4 atom stereocenters. The van der Waals surface area contributed by atoms with Crippen molar-refractivity contribution in [2.45, 2.75) is 113 Å². The smallest absolute Gasteiger partial charge is 0.120 e. The van der Waals surface area contributed by atoms with Gasteiger partial charge >= 0.3 is 0 Å². The van der Waals surface area contributed by atoms with Crippen molar-refractivity contribution in [2.24, 2.45) is 17.8 Å². The Bertz CT molecular complexity index is 604. The molecule has 2 N–H and O–H groups in total. The fourth-order valence-corrected chi connectivity index (χ4v) is 3.71. The minimum Gasteiger partial charge on any atom is -0.392 e. The van der Waals surface area contributed by atoms with Crippen LogP contribution in [0, 0.1) is 17.8 Å². The Labute approximate surface area is 205 Å². The van der Waals surface area contributed by atoms with E-state index in [1.165, 1.54) is 23.1 Å². The van der Waals surface area contributed by atoms with E-state index in [1.54, 1.807) is 0 Å². The molecule has 0 saturated heterocycles. The minimum absolute atomic E-state index is 0.128. The molecule has 0 aliphatic heterocycles. The zero-order valence-electron chi connectivity index (χ0n) is 23.0. The quantitative estimate of drug-likeness (QED) is 0.255. The van der Waals surface area contributed by atoms with Crippen molar-refractivity contribution in [3.05, 3.63) is 47.1 Å². The maximum absolute atomic E-state index is 10.1. The molecule has 1 saturated carbocycles. The van der Waals surface area contributed by atoms with E-state index >= 15 is 0 Å². The van der Waals surface area contributed by atoms with Crippen LogP contribution < -0.4 is 0 Å². The molecule has 4 unspecified atom stereocenters. The lowest BCUT2D eigenvalue weighted by molar-refractivity contribution is -0.108. The van der Waals surface area contributed by atoms with Crippen molar-refractivity contribution in [3.63, 3.8) is 0 Å². The molecule has 0 aromatic carbocycles. The summed E-state index contributed by atoms with van der Waals surface area (Å²) in [4.78, 5) is 10.1. The van der Waals surface area contributed by atoms with Crippen molar-refractivity contribution in [1.82, 2.24) is 0 Å². The summed E-state index contributed by atoms with van der Waals surface area (Å²) in [5.41, 5.74) is 5.14. The molecule has 192 valence electrons. The first-order valence-electron chi connectivity index (χ1n) is 12.7. The van der Waals surface area contributed by atoms with Crippen LogP contribution in [-0.4, -0.2) is 29.2 Å². The number of carbonyl (C=O) groups excluding carboxylic acids is 1. The summed E-state index contributed by atoms with van der Waals surface area (Å²) in [5.74, 6) is 1.61. The lowest BCUT2D eigenvalue weighted by Crippen LogP contribution is -2.28. The second-order valence-electron chi connectivity index (χ2n) is 10.4. The highest BCUT2D eigenvalue weighted by molar-refractivity contribution is 5.49. The summed E-state index contributed by atoms with van der Waals surface area (Å²) in [6.45, 7) is 20.9. The summed E-state index contributed by atoms with van der Waals surface area (Å²) >= 11 is 0. The van der Waals surface area contributed by atoms with Crippen LogP contribution in [0.2, 0.25) is 0 Å². The Morgan fingerprint density at radius 2 is 1.58 bits per heavy atom. The Hall–Kier alpha value is -1.45. The number of aliphatic hydroxyl groups is 2. The number of hydrogen-bond acceptors (Lipinski definition) is 3. The van der Waals surface area contributed by atoms with E-state index in [0.717, 1.165) is 50.4 Å². The standard InChI is InChI=1S/3C10H18O/c1-7(2)9-5-4-8(3)6-10(9)11;2*1-9(2)5-4-6-10(3)7-8-11/h8-11H,1,4-6H2,2-3H3;5,8,10H,4,6-7H2,1-3H3;5,7,11H,4,6,8H2,1-3H3. The summed E-state index contributed by atoms with van der Waals surface area (Å²) in [5, 5.41) is 18.2. The molecular weight excluding hydrogens is 408 g/mol. The monoisotopic (exact) mass is 462 g/mol. The Morgan fingerprint density at radius 1 is 1.00 bits per heavy atom. The number of aldehydes is 1. The lowest BCUT2D eigenvalue weighted by atomic mass is 9.78. The second-order valence-corrected chi connectivity index (χ2v) is 10.4. The van der Waals surface area contributed by atoms with Gasteiger partial charge in [-0.2, -0.15) is 0 Å². The SMILES string of the molecule is C=C(C)C1CCC(C)CC1O.CC(C)=CCCC(C)=CCO.CC(C)=CCCC(C)CC=O. The van der Waals surface area contributed by atoms with E-state index in [1.807, 2.05) is 13.0 Å². The Morgan fingerprint density at radius 3 is 2.03 bits per heavy atom.